The van der Waals surface area contributed by atoms with Crippen molar-refractivity contribution in [3.8, 4) is 5.75 Å². The fraction of sp³-hybridized carbons (Fsp3) is 0.632. The number of methoxy groups -OCH3 is 1. The minimum atomic E-state index is -0.416. The summed E-state index contributed by atoms with van der Waals surface area (Å²) in [6, 6.07) is 3.81. The van der Waals surface area contributed by atoms with Gasteiger partial charge in [0.25, 0.3) is 5.91 Å². The Morgan fingerprint density at radius 2 is 1.96 bits per heavy atom. The number of amides is 1. The number of rotatable bonds is 4. The molecule has 0 unspecified atom stereocenters. The van der Waals surface area contributed by atoms with Gasteiger partial charge in [-0.05, 0) is 48.9 Å². The van der Waals surface area contributed by atoms with Gasteiger partial charge in [-0.2, -0.15) is 0 Å². The minimum Gasteiger partial charge on any atom is -0.496 e. The lowest BCUT2D eigenvalue weighted by molar-refractivity contribution is 0.0267. The minimum absolute atomic E-state index is 0.0157. The SMILES string of the molecule is COc1cc(C)c(C(=O)N(C)[C@@H]2CCCC[C@H]2O)cc1C(C)C. The molecule has 0 bridgehead atoms. The molecule has 0 radical (unpaired) electrons. The average molecular weight is 319 g/mol. The smallest absolute Gasteiger partial charge is 0.254 e. The van der Waals surface area contributed by atoms with Crippen LogP contribution in [0.4, 0.5) is 0 Å². The molecule has 4 nitrogen and oxygen atoms in total. The Hall–Kier alpha value is -1.55. The van der Waals surface area contributed by atoms with Gasteiger partial charge in [0.15, 0.2) is 0 Å². The van der Waals surface area contributed by atoms with Crippen molar-refractivity contribution in [3.63, 3.8) is 0 Å². The van der Waals surface area contributed by atoms with Crippen molar-refractivity contribution in [1.29, 1.82) is 0 Å². The van der Waals surface area contributed by atoms with E-state index < -0.39 is 6.10 Å². The zero-order chi connectivity index (χ0) is 17.1. The van der Waals surface area contributed by atoms with E-state index in [1.807, 2.05) is 19.1 Å². The normalized spacial score (nSPS) is 21.3. The second-order valence-electron chi connectivity index (χ2n) is 6.90. The van der Waals surface area contributed by atoms with Gasteiger partial charge in [0.05, 0.1) is 19.3 Å². The molecule has 1 amide bonds. The van der Waals surface area contributed by atoms with Gasteiger partial charge in [-0.3, -0.25) is 4.79 Å². The van der Waals surface area contributed by atoms with E-state index in [4.69, 9.17) is 4.74 Å². The lowest BCUT2D eigenvalue weighted by atomic mass is 9.90. The van der Waals surface area contributed by atoms with E-state index >= 15 is 0 Å². The van der Waals surface area contributed by atoms with E-state index in [1.165, 1.54) is 0 Å². The maximum absolute atomic E-state index is 13.0. The molecule has 0 aliphatic heterocycles. The Bertz CT molecular complexity index is 568. The number of aryl methyl sites for hydroxylation is 1. The number of hydrogen-bond acceptors (Lipinski definition) is 3. The number of aliphatic hydroxyl groups excluding tert-OH is 1. The fourth-order valence-corrected chi connectivity index (χ4v) is 3.44. The summed E-state index contributed by atoms with van der Waals surface area (Å²) in [4.78, 5) is 14.7. The standard InChI is InChI=1S/C19H29NO3/c1-12(2)14-11-15(13(3)10-18(14)23-5)19(22)20(4)16-8-6-7-9-17(16)21/h10-12,16-17,21H,6-9H2,1-5H3/t16-,17-/m1/s1. The molecule has 1 aliphatic carbocycles. The molecule has 1 saturated carbocycles. The van der Waals surface area contributed by atoms with E-state index in [1.54, 1.807) is 19.1 Å². The summed E-state index contributed by atoms with van der Waals surface area (Å²) in [5, 5.41) is 10.2. The number of likely N-dealkylation sites (N-methyl/N-ethyl adjacent to an activating group) is 1. The molecule has 0 heterocycles. The third-order valence-electron chi connectivity index (χ3n) is 4.94. The second-order valence-corrected chi connectivity index (χ2v) is 6.90. The molecule has 4 heteroatoms. The third-order valence-corrected chi connectivity index (χ3v) is 4.94. The number of aliphatic hydroxyl groups is 1. The van der Waals surface area contributed by atoms with Gasteiger partial charge in [0, 0.05) is 12.6 Å². The maximum atomic E-state index is 13.0. The number of carbonyl (C=O) groups excluding carboxylic acids is 1. The molecule has 1 aromatic carbocycles. The molecule has 0 spiro atoms. The molecule has 1 aliphatic rings. The highest BCUT2D eigenvalue weighted by atomic mass is 16.5. The molecular formula is C19H29NO3. The molecule has 0 aromatic heterocycles. The molecule has 1 aromatic rings. The Morgan fingerprint density at radius 3 is 2.52 bits per heavy atom. The van der Waals surface area contributed by atoms with Crippen molar-refractivity contribution in [2.45, 2.75) is 64.5 Å². The summed E-state index contributed by atoms with van der Waals surface area (Å²) >= 11 is 0. The lowest BCUT2D eigenvalue weighted by Crippen LogP contribution is -2.46. The molecule has 0 saturated heterocycles. The van der Waals surface area contributed by atoms with Gasteiger partial charge in [-0.25, -0.2) is 0 Å². The Morgan fingerprint density at radius 1 is 1.30 bits per heavy atom. The second kappa shape index (κ2) is 7.35. The molecule has 128 valence electrons. The van der Waals surface area contributed by atoms with Crippen molar-refractivity contribution in [3.05, 3.63) is 28.8 Å². The summed E-state index contributed by atoms with van der Waals surface area (Å²) in [6.07, 6.45) is 3.34. The number of carbonyl (C=O) groups is 1. The van der Waals surface area contributed by atoms with Gasteiger partial charge in [-0.15, -0.1) is 0 Å². The zero-order valence-electron chi connectivity index (χ0n) is 14.9. The Balaban J connectivity index is 2.32. The number of nitrogens with zero attached hydrogens (tertiary/aromatic N) is 1. The topological polar surface area (TPSA) is 49.8 Å². The summed E-state index contributed by atoms with van der Waals surface area (Å²) in [6.45, 7) is 6.12. The van der Waals surface area contributed by atoms with Crippen LogP contribution >= 0.6 is 0 Å². The molecular weight excluding hydrogens is 290 g/mol. The molecule has 2 rings (SSSR count). The number of benzene rings is 1. The van der Waals surface area contributed by atoms with Crippen LogP contribution in [-0.4, -0.2) is 42.2 Å². The highest BCUT2D eigenvalue weighted by Gasteiger charge is 2.30. The van der Waals surface area contributed by atoms with Gasteiger partial charge in [0.1, 0.15) is 5.75 Å². The Labute approximate surface area is 139 Å². The van der Waals surface area contributed by atoms with E-state index in [0.717, 1.165) is 42.6 Å². The first-order chi connectivity index (χ1) is 10.9. The van der Waals surface area contributed by atoms with Crippen LogP contribution in [0.5, 0.6) is 5.75 Å². The number of hydrogen-bond donors (Lipinski definition) is 1. The molecule has 1 fully saturated rings. The van der Waals surface area contributed by atoms with Gasteiger partial charge < -0.3 is 14.7 Å². The largest absolute Gasteiger partial charge is 0.496 e. The van der Waals surface area contributed by atoms with Crippen LogP contribution in [0, 0.1) is 6.92 Å². The van der Waals surface area contributed by atoms with Crippen molar-refractivity contribution >= 4 is 5.91 Å². The van der Waals surface area contributed by atoms with Crippen LogP contribution in [0.1, 0.15) is 66.9 Å². The van der Waals surface area contributed by atoms with Crippen molar-refractivity contribution in [2.75, 3.05) is 14.2 Å². The van der Waals surface area contributed by atoms with E-state index in [-0.39, 0.29) is 17.9 Å². The fourth-order valence-electron chi connectivity index (χ4n) is 3.44. The Kier molecular flexibility index (Phi) is 5.69. The van der Waals surface area contributed by atoms with Crippen molar-refractivity contribution in [2.24, 2.45) is 0 Å². The quantitative estimate of drug-likeness (QED) is 0.924. The highest BCUT2D eigenvalue weighted by Crippen LogP contribution is 2.31. The van der Waals surface area contributed by atoms with Crippen LogP contribution in [0.25, 0.3) is 0 Å². The highest BCUT2D eigenvalue weighted by molar-refractivity contribution is 5.96. The molecule has 2 atom stereocenters. The zero-order valence-corrected chi connectivity index (χ0v) is 14.9. The van der Waals surface area contributed by atoms with E-state index in [9.17, 15) is 9.90 Å². The first-order valence-electron chi connectivity index (χ1n) is 8.50. The van der Waals surface area contributed by atoms with Crippen LogP contribution in [0.2, 0.25) is 0 Å². The lowest BCUT2D eigenvalue weighted by Gasteiger charge is -2.35. The van der Waals surface area contributed by atoms with Gasteiger partial charge in [-0.1, -0.05) is 26.7 Å². The predicted octanol–water partition coefficient (Wildman–Crippen LogP) is 3.50. The summed E-state index contributed by atoms with van der Waals surface area (Å²) in [7, 11) is 3.47. The predicted molar refractivity (Wildman–Crippen MR) is 92.2 cm³/mol. The van der Waals surface area contributed by atoms with Crippen LogP contribution in [0.3, 0.4) is 0 Å². The summed E-state index contributed by atoms with van der Waals surface area (Å²) in [5.41, 5.74) is 2.65. The number of ether oxygens (including phenoxy) is 1. The van der Waals surface area contributed by atoms with Crippen LogP contribution in [0.15, 0.2) is 12.1 Å². The van der Waals surface area contributed by atoms with Crippen LogP contribution < -0.4 is 4.74 Å². The maximum Gasteiger partial charge on any atom is 0.254 e. The average Bonchev–Trinajstić information content (AvgIpc) is 2.53. The first kappa shape index (κ1) is 17.8. The van der Waals surface area contributed by atoms with Crippen LogP contribution in [-0.2, 0) is 0 Å². The monoisotopic (exact) mass is 319 g/mol. The molecule has 23 heavy (non-hydrogen) atoms. The summed E-state index contributed by atoms with van der Waals surface area (Å²) in [5.74, 6) is 1.09. The van der Waals surface area contributed by atoms with Crippen molar-refractivity contribution in [1.82, 2.24) is 4.90 Å². The van der Waals surface area contributed by atoms with Gasteiger partial charge in [0.2, 0.25) is 0 Å². The first-order valence-corrected chi connectivity index (χ1v) is 8.50. The third kappa shape index (κ3) is 3.69. The van der Waals surface area contributed by atoms with Gasteiger partial charge >= 0.3 is 0 Å². The van der Waals surface area contributed by atoms with E-state index in [0.29, 0.717) is 5.56 Å². The molecule has 1 N–H and O–H groups in total. The van der Waals surface area contributed by atoms with Crippen molar-refractivity contribution < 1.29 is 14.6 Å². The van der Waals surface area contributed by atoms with E-state index in [2.05, 4.69) is 13.8 Å². The summed E-state index contributed by atoms with van der Waals surface area (Å²) < 4.78 is 5.45.